The molecule has 0 radical (unpaired) electrons. The van der Waals surface area contributed by atoms with E-state index in [0.29, 0.717) is 29.9 Å². The molecule has 1 aromatic carbocycles. The van der Waals surface area contributed by atoms with Crippen molar-refractivity contribution < 1.29 is 18.7 Å². The predicted octanol–water partition coefficient (Wildman–Crippen LogP) is 4.38. The van der Waals surface area contributed by atoms with Gasteiger partial charge in [-0.3, -0.25) is 9.78 Å². The van der Waals surface area contributed by atoms with Crippen LogP contribution >= 0.6 is 0 Å². The number of esters is 1. The molecule has 1 aromatic heterocycles. The van der Waals surface area contributed by atoms with Crippen LogP contribution in [0.5, 0.6) is 0 Å². The molecule has 162 valence electrons. The van der Waals surface area contributed by atoms with Crippen LogP contribution in [0.4, 0.5) is 4.39 Å². The quantitative estimate of drug-likeness (QED) is 0.649. The minimum absolute atomic E-state index is 0.177. The zero-order valence-electron chi connectivity index (χ0n) is 17.5. The molecule has 4 fully saturated rings. The number of carbonyl (C=O) groups is 2. The molecule has 0 N–H and O–H groups in total. The van der Waals surface area contributed by atoms with Gasteiger partial charge in [-0.05, 0) is 86.1 Å². The average Bonchev–Trinajstić information content (AvgIpc) is 2.76. The van der Waals surface area contributed by atoms with Gasteiger partial charge in [-0.2, -0.15) is 0 Å². The molecule has 2 aromatic rings. The molecule has 5 nitrogen and oxygen atoms in total. The normalized spacial score (nSPS) is 28.4. The second kappa shape index (κ2) is 8.06. The van der Waals surface area contributed by atoms with Gasteiger partial charge in [0, 0.05) is 24.5 Å². The maximum Gasteiger partial charge on any atom is 0.340 e. The fourth-order valence-corrected chi connectivity index (χ4v) is 6.46. The van der Waals surface area contributed by atoms with Crippen LogP contribution in [0.25, 0.3) is 0 Å². The van der Waals surface area contributed by atoms with Gasteiger partial charge in [0.1, 0.15) is 5.82 Å². The molecule has 0 unspecified atom stereocenters. The first kappa shape index (κ1) is 20.2. The lowest BCUT2D eigenvalue weighted by Crippen LogP contribution is -2.61. The first-order valence-electron chi connectivity index (χ1n) is 11.1. The van der Waals surface area contributed by atoms with Crippen molar-refractivity contribution in [3.05, 3.63) is 65.7 Å². The van der Waals surface area contributed by atoms with E-state index in [2.05, 4.69) is 4.98 Å². The van der Waals surface area contributed by atoms with Crippen molar-refractivity contribution in [1.82, 2.24) is 9.88 Å². The first-order valence-corrected chi connectivity index (χ1v) is 11.1. The third-order valence-corrected chi connectivity index (χ3v) is 7.36. The average molecular weight is 423 g/mol. The minimum Gasteiger partial charge on any atom is -0.452 e. The van der Waals surface area contributed by atoms with Crippen LogP contribution in [-0.4, -0.2) is 33.9 Å². The lowest BCUT2D eigenvalue weighted by molar-refractivity contribution is -0.155. The maximum absolute atomic E-state index is 13.4. The number of hydrogen-bond donors (Lipinski definition) is 0. The van der Waals surface area contributed by atoms with E-state index in [1.54, 1.807) is 30.5 Å². The van der Waals surface area contributed by atoms with Crippen molar-refractivity contribution in [2.45, 2.75) is 50.6 Å². The van der Waals surface area contributed by atoms with Crippen molar-refractivity contribution in [3.63, 3.8) is 0 Å². The number of hydrogen-bond acceptors (Lipinski definition) is 4. The number of benzene rings is 1. The SMILES string of the molecule is O=C(OCC(=O)N(Cc1ccc(F)cc1)C12CC3CC(CC(C3)C1)C2)c1cccnc1. The van der Waals surface area contributed by atoms with Crippen molar-refractivity contribution in [3.8, 4) is 0 Å². The fraction of sp³-hybridized carbons (Fsp3) is 0.480. The summed E-state index contributed by atoms with van der Waals surface area (Å²) in [6.45, 7) is 0.117. The molecule has 4 saturated carbocycles. The molecular formula is C25H27FN2O3. The molecular weight excluding hydrogens is 395 g/mol. The molecule has 1 amide bonds. The van der Waals surface area contributed by atoms with Crippen molar-refractivity contribution in [1.29, 1.82) is 0 Å². The molecule has 0 atom stereocenters. The number of carbonyl (C=O) groups excluding carboxylic acids is 2. The monoisotopic (exact) mass is 422 g/mol. The molecule has 4 aliphatic carbocycles. The number of amides is 1. The van der Waals surface area contributed by atoms with Crippen molar-refractivity contribution in [2.24, 2.45) is 17.8 Å². The van der Waals surface area contributed by atoms with Gasteiger partial charge in [-0.1, -0.05) is 12.1 Å². The van der Waals surface area contributed by atoms with Crippen LogP contribution in [0.1, 0.15) is 54.4 Å². The largest absolute Gasteiger partial charge is 0.452 e. The minimum atomic E-state index is -0.548. The smallest absolute Gasteiger partial charge is 0.340 e. The van der Waals surface area contributed by atoms with Crippen LogP contribution in [0.3, 0.4) is 0 Å². The Hall–Kier alpha value is -2.76. The van der Waals surface area contributed by atoms with Crippen molar-refractivity contribution in [2.75, 3.05) is 6.61 Å². The number of ether oxygens (including phenoxy) is 1. The molecule has 4 bridgehead atoms. The third-order valence-electron chi connectivity index (χ3n) is 7.36. The predicted molar refractivity (Wildman–Crippen MR) is 112 cm³/mol. The number of pyridine rings is 1. The zero-order chi connectivity index (χ0) is 21.4. The molecule has 4 aliphatic rings. The summed E-state index contributed by atoms with van der Waals surface area (Å²) in [5.74, 6) is 1.01. The van der Waals surface area contributed by atoms with Crippen LogP contribution in [-0.2, 0) is 16.1 Å². The highest BCUT2D eigenvalue weighted by atomic mass is 19.1. The van der Waals surface area contributed by atoms with Gasteiger partial charge < -0.3 is 9.64 Å². The molecule has 1 heterocycles. The van der Waals surface area contributed by atoms with Crippen LogP contribution in [0, 0.1) is 23.6 Å². The molecule has 0 saturated heterocycles. The topological polar surface area (TPSA) is 59.5 Å². The summed E-state index contributed by atoms with van der Waals surface area (Å²) >= 11 is 0. The van der Waals surface area contributed by atoms with Gasteiger partial charge >= 0.3 is 5.97 Å². The van der Waals surface area contributed by atoms with E-state index in [1.807, 2.05) is 4.90 Å². The summed E-state index contributed by atoms with van der Waals surface area (Å²) in [6, 6.07) is 9.61. The van der Waals surface area contributed by atoms with Gasteiger partial charge in [-0.25, -0.2) is 9.18 Å². The van der Waals surface area contributed by atoms with E-state index in [1.165, 1.54) is 37.6 Å². The van der Waals surface area contributed by atoms with Gasteiger partial charge in [0.25, 0.3) is 5.91 Å². The Bertz CT molecular complexity index is 925. The van der Waals surface area contributed by atoms with Crippen molar-refractivity contribution >= 4 is 11.9 Å². The lowest BCUT2D eigenvalue weighted by Gasteiger charge is -2.60. The Morgan fingerprint density at radius 3 is 2.26 bits per heavy atom. The standard InChI is InChI=1S/C25H27FN2O3/c26-22-5-3-17(4-6-22)15-28(23(29)16-31-24(30)21-2-1-7-27-14-21)25-11-18-8-19(12-25)10-20(9-18)13-25/h1-7,14,18-20H,8-13,15-16H2. The van der Waals surface area contributed by atoms with Crippen LogP contribution in [0.15, 0.2) is 48.8 Å². The van der Waals surface area contributed by atoms with Gasteiger partial charge in [0.05, 0.1) is 5.56 Å². The second-order valence-electron chi connectivity index (χ2n) is 9.57. The Labute approximate surface area is 181 Å². The zero-order valence-corrected chi connectivity index (χ0v) is 17.5. The molecule has 6 rings (SSSR count). The van der Waals surface area contributed by atoms with E-state index < -0.39 is 5.97 Å². The number of nitrogens with zero attached hydrogens (tertiary/aromatic N) is 2. The van der Waals surface area contributed by atoms with E-state index in [-0.39, 0.29) is 23.9 Å². The third kappa shape index (κ3) is 4.08. The number of aromatic nitrogens is 1. The fourth-order valence-electron chi connectivity index (χ4n) is 6.46. The van der Waals surface area contributed by atoms with Gasteiger partial charge in [0.2, 0.25) is 0 Å². The Morgan fingerprint density at radius 2 is 1.68 bits per heavy atom. The van der Waals surface area contributed by atoms with E-state index >= 15 is 0 Å². The van der Waals surface area contributed by atoms with Gasteiger partial charge in [0.15, 0.2) is 6.61 Å². The molecule has 0 aliphatic heterocycles. The Kier molecular flexibility index (Phi) is 5.24. The maximum atomic E-state index is 13.4. The molecule has 31 heavy (non-hydrogen) atoms. The molecule has 0 spiro atoms. The summed E-state index contributed by atoms with van der Waals surface area (Å²) < 4.78 is 18.8. The van der Waals surface area contributed by atoms with Crippen LogP contribution in [0.2, 0.25) is 0 Å². The summed E-state index contributed by atoms with van der Waals surface area (Å²) in [4.78, 5) is 31.6. The van der Waals surface area contributed by atoms with Crippen LogP contribution < -0.4 is 0 Å². The lowest BCUT2D eigenvalue weighted by atomic mass is 9.52. The second-order valence-corrected chi connectivity index (χ2v) is 9.57. The molecule has 6 heteroatoms. The highest BCUT2D eigenvalue weighted by Gasteiger charge is 2.54. The first-order chi connectivity index (χ1) is 15.0. The summed E-state index contributed by atoms with van der Waals surface area (Å²) in [5.41, 5.74) is 1.04. The summed E-state index contributed by atoms with van der Waals surface area (Å²) in [6.07, 6.45) is 9.88. The highest BCUT2D eigenvalue weighted by molar-refractivity contribution is 5.91. The number of halogens is 1. The Morgan fingerprint density at radius 1 is 1.03 bits per heavy atom. The van der Waals surface area contributed by atoms with E-state index in [0.717, 1.165) is 24.8 Å². The summed E-state index contributed by atoms with van der Waals surface area (Å²) in [5, 5.41) is 0. The highest BCUT2D eigenvalue weighted by Crippen LogP contribution is 2.58. The van der Waals surface area contributed by atoms with E-state index in [9.17, 15) is 14.0 Å². The summed E-state index contributed by atoms with van der Waals surface area (Å²) in [7, 11) is 0. The number of rotatable bonds is 6. The van der Waals surface area contributed by atoms with Gasteiger partial charge in [-0.15, -0.1) is 0 Å². The Balaban J connectivity index is 1.36. The van der Waals surface area contributed by atoms with E-state index in [4.69, 9.17) is 4.74 Å².